The topological polar surface area (TPSA) is 76.7 Å². The molecule has 0 aliphatic rings. The third-order valence-electron chi connectivity index (χ3n) is 3.33. The Morgan fingerprint density at radius 3 is 2.50 bits per heavy atom. The van der Waals surface area contributed by atoms with E-state index < -0.39 is 11.8 Å². The number of halogens is 2. The van der Waals surface area contributed by atoms with Gasteiger partial charge in [0.15, 0.2) is 11.5 Å². The van der Waals surface area contributed by atoms with E-state index in [0.29, 0.717) is 28.8 Å². The lowest BCUT2D eigenvalue weighted by atomic mass is 10.2. The zero-order chi connectivity index (χ0) is 19.1. The van der Waals surface area contributed by atoms with Crippen molar-refractivity contribution in [1.82, 2.24) is 5.32 Å². The second-order valence-corrected chi connectivity index (χ2v) is 6.00. The van der Waals surface area contributed by atoms with Crippen LogP contribution < -0.4 is 20.1 Å². The number of hydrogen-bond acceptors (Lipinski definition) is 4. The number of ether oxygens (including phenoxy) is 2. The van der Waals surface area contributed by atoms with Crippen LogP contribution in [0.3, 0.4) is 0 Å². The minimum atomic E-state index is -0.467. The van der Waals surface area contributed by atoms with Gasteiger partial charge in [0.1, 0.15) is 0 Å². The van der Waals surface area contributed by atoms with Gasteiger partial charge < -0.3 is 20.1 Å². The van der Waals surface area contributed by atoms with Crippen LogP contribution in [0, 0.1) is 0 Å². The SMILES string of the molecule is CCOc1ccc(NC(=O)CNC(=O)c2ccc(Cl)cc2Cl)cc1OC. The number of rotatable bonds is 7. The first-order valence-corrected chi connectivity index (χ1v) is 8.54. The van der Waals surface area contributed by atoms with Crippen molar-refractivity contribution in [1.29, 1.82) is 0 Å². The predicted octanol–water partition coefficient (Wildman–Crippen LogP) is 3.77. The molecule has 2 aromatic rings. The molecule has 0 fully saturated rings. The summed E-state index contributed by atoms with van der Waals surface area (Å²) in [5.74, 6) is 0.223. The average Bonchev–Trinajstić information content (AvgIpc) is 2.61. The molecular weight excluding hydrogens is 379 g/mol. The molecule has 0 aliphatic carbocycles. The zero-order valence-electron chi connectivity index (χ0n) is 14.3. The van der Waals surface area contributed by atoms with Gasteiger partial charge in [0.05, 0.1) is 30.8 Å². The Morgan fingerprint density at radius 2 is 1.85 bits per heavy atom. The highest BCUT2D eigenvalue weighted by atomic mass is 35.5. The number of benzene rings is 2. The number of carbonyl (C=O) groups excluding carboxylic acids is 2. The van der Waals surface area contributed by atoms with E-state index in [1.807, 2.05) is 6.92 Å². The first-order chi connectivity index (χ1) is 12.4. The van der Waals surface area contributed by atoms with Gasteiger partial charge in [-0.3, -0.25) is 9.59 Å². The van der Waals surface area contributed by atoms with Gasteiger partial charge in [0.25, 0.3) is 5.91 Å². The van der Waals surface area contributed by atoms with Crippen LogP contribution in [0.15, 0.2) is 36.4 Å². The van der Waals surface area contributed by atoms with Crippen molar-refractivity contribution < 1.29 is 19.1 Å². The highest BCUT2D eigenvalue weighted by Crippen LogP contribution is 2.30. The minimum Gasteiger partial charge on any atom is -0.493 e. The molecule has 0 bridgehead atoms. The van der Waals surface area contributed by atoms with E-state index in [2.05, 4.69) is 10.6 Å². The van der Waals surface area contributed by atoms with Gasteiger partial charge in [-0.25, -0.2) is 0 Å². The molecule has 0 aliphatic heterocycles. The summed E-state index contributed by atoms with van der Waals surface area (Å²) in [4.78, 5) is 24.1. The van der Waals surface area contributed by atoms with E-state index >= 15 is 0 Å². The Hall–Kier alpha value is -2.44. The molecule has 26 heavy (non-hydrogen) atoms. The van der Waals surface area contributed by atoms with Crippen LogP contribution in [0.25, 0.3) is 0 Å². The quantitative estimate of drug-likeness (QED) is 0.746. The van der Waals surface area contributed by atoms with Gasteiger partial charge in [-0.2, -0.15) is 0 Å². The van der Waals surface area contributed by atoms with Crippen LogP contribution in [0.1, 0.15) is 17.3 Å². The van der Waals surface area contributed by atoms with Crippen LogP contribution in [-0.4, -0.2) is 32.1 Å². The van der Waals surface area contributed by atoms with Gasteiger partial charge in [-0.05, 0) is 37.3 Å². The molecule has 0 unspecified atom stereocenters. The minimum absolute atomic E-state index is 0.214. The number of carbonyl (C=O) groups is 2. The molecule has 8 heteroatoms. The van der Waals surface area contributed by atoms with Gasteiger partial charge in [-0.15, -0.1) is 0 Å². The summed E-state index contributed by atoms with van der Waals surface area (Å²) in [6, 6.07) is 9.53. The van der Waals surface area contributed by atoms with E-state index in [1.54, 1.807) is 24.3 Å². The molecule has 0 saturated carbocycles. The van der Waals surface area contributed by atoms with Crippen molar-refractivity contribution in [2.45, 2.75) is 6.92 Å². The molecule has 6 nitrogen and oxygen atoms in total. The maximum atomic E-state index is 12.1. The number of amides is 2. The van der Waals surface area contributed by atoms with E-state index in [1.165, 1.54) is 19.2 Å². The van der Waals surface area contributed by atoms with E-state index in [-0.39, 0.29) is 17.1 Å². The average molecular weight is 397 g/mol. The molecule has 2 rings (SSSR count). The molecule has 0 heterocycles. The van der Waals surface area contributed by atoms with E-state index in [9.17, 15) is 9.59 Å². The Kier molecular flexibility index (Phi) is 7.12. The molecule has 2 N–H and O–H groups in total. The Bertz CT molecular complexity index is 812. The lowest BCUT2D eigenvalue weighted by Gasteiger charge is -2.12. The fraction of sp³-hybridized carbons (Fsp3) is 0.222. The Morgan fingerprint density at radius 1 is 1.08 bits per heavy atom. The molecule has 0 radical (unpaired) electrons. The third-order valence-corrected chi connectivity index (χ3v) is 3.88. The Labute approximate surface area is 161 Å². The third kappa shape index (κ3) is 5.28. The molecular formula is C18H18Cl2N2O4. The van der Waals surface area contributed by atoms with Crippen molar-refractivity contribution in [2.75, 3.05) is 25.6 Å². The second-order valence-electron chi connectivity index (χ2n) is 5.15. The highest BCUT2D eigenvalue weighted by Gasteiger charge is 2.13. The van der Waals surface area contributed by atoms with Crippen LogP contribution in [0.4, 0.5) is 5.69 Å². The summed E-state index contributed by atoms with van der Waals surface area (Å²) in [6.45, 7) is 2.15. The number of methoxy groups -OCH3 is 1. The molecule has 0 spiro atoms. The molecule has 0 atom stereocenters. The molecule has 0 aromatic heterocycles. The predicted molar refractivity (Wildman–Crippen MR) is 102 cm³/mol. The summed E-state index contributed by atoms with van der Waals surface area (Å²) in [7, 11) is 1.51. The zero-order valence-corrected chi connectivity index (χ0v) is 15.8. The first-order valence-electron chi connectivity index (χ1n) is 7.78. The smallest absolute Gasteiger partial charge is 0.253 e. The fourth-order valence-electron chi connectivity index (χ4n) is 2.15. The van der Waals surface area contributed by atoms with Crippen molar-refractivity contribution >= 4 is 40.7 Å². The van der Waals surface area contributed by atoms with Crippen LogP contribution in [0.5, 0.6) is 11.5 Å². The lowest BCUT2D eigenvalue weighted by Crippen LogP contribution is -2.33. The summed E-state index contributed by atoms with van der Waals surface area (Å²) in [6.07, 6.45) is 0. The van der Waals surface area contributed by atoms with Crippen LogP contribution in [0.2, 0.25) is 10.0 Å². The van der Waals surface area contributed by atoms with Crippen LogP contribution >= 0.6 is 23.2 Å². The standard InChI is InChI=1S/C18H18Cl2N2O4/c1-3-26-15-7-5-12(9-16(15)25-2)22-17(23)10-21-18(24)13-6-4-11(19)8-14(13)20/h4-9H,3,10H2,1-2H3,(H,21,24)(H,22,23). The monoisotopic (exact) mass is 396 g/mol. The maximum Gasteiger partial charge on any atom is 0.253 e. The molecule has 2 amide bonds. The number of hydrogen-bond donors (Lipinski definition) is 2. The first kappa shape index (κ1) is 19.9. The van der Waals surface area contributed by atoms with Crippen LogP contribution in [-0.2, 0) is 4.79 Å². The fourth-order valence-corrected chi connectivity index (χ4v) is 2.65. The highest BCUT2D eigenvalue weighted by molar-refractivity contribution is 6.36. The summed E-state index contributed by atoms with van der Waals surface area (Å²) in [5.41, 5.74) is 0.765. The molecule has 138 valence electrons. The van der Waals surface area contributed by atoms with Crippen molar-refractivity contribution in [2.24, 2.45) is 0 Å². The number of nitrogens with one attached hydrogen (secondary N) is 2. The normalized spacial score (nSPS) is 10.2. The van der Waals surface area contributed by atoms with E-state index in [4.69, 9.17) is 32.7 Å². The summed E-state index contributed by atoms with van der Waals surface area (Å²) < 4.78 is 10.6. The van der Waals surface area contributed by atoms with Crippen molar-refractivity contribution in [3.8, 4) is 11.5 Å². The van der Waals surface area contributed by atoms with Gasteiger partial charge in [0, 0.05) is 16.8 Å². The van der Waals surface area contributed by atoms with Crippen molar-refractivity contribution in [3.05, 3.63) is 52.0 Å². The summed E-state index contributed by atoms with van der Waals surface area (Å²) >= 11 is 11.8. The van der Waals surface area contributed by atoms with E-state index in [0.717, 1.165) is 0 Å². The van der Waals surface area contributed by atoms with Crippen molar-refractivity contribution in [3.63, 3.8) is 0 Å². The maximum absolute atomic E-state index is 12.1. The Balaban J connectivity index is 1.95. The number of anilines is 1. The van der Waals surface area contributed by atoms with Gasteiger partial charge in [-0.1, -0.05) is 23.2 Å². The largest absolute Gasteiger partial charge is 0.493 e. The molecule has 0 saturated heterocycles. The molecule has 2 aromatic carbocycles. The summed E-state index contributed by atoms with van der Waals surface area (Å²) in [5, 5.41) is 5.82. The lowest BCUT2D eigenvalue weighted by molar-refractivity contribution is -0.115. The van der Waals surface area contributed by atoms with Gasteiger partial charge >= 0.3 is 0 Å². The van der Waals surface area contributed by atoms with Gasteiger partial charge in [0.2, 0.25) is 5.91 Å². The second kappa shape index (κ2) is 9.31.